The van der Waals surface area contributed by atoms with Gasteiger partial charge in [-0.1, -0.05) is 37.6 Å². The molecule has 1 aromatic rings. The molecule has 2 atom stereocenters. The highest BCUT2D eigenvalue weighted by Crippen LogP contribution is 2.22. The molecular formula is C16H25ClN2O3. The zero-order valence-corrected chi connectivity index (χ0v) is 14.1. The van der Waals surface area contributed by atoms with E-state index < -0.39 is 6.10 Å². The summed E-state index contributed by atoms with van der Waals surface area (Å²) < 4.78 is 4.82. The number of carbonyl (C=O) groups excluding carboxylic acids is 1. The smallest absolute Gasteiger partial charge is 0.315 e. The number of aliphatic hydroxyl groups is 1. The van der Waals surface area contributed by atoms with E-state index in [9.17, 15) is 9.90 Å². The van der Waals surface area contributed by atoms with E-state index >= 15 is 0 Å². The number of benzene rings is 1. The fraction of sp³-hybridized carbons (Fsp3) is 0.562. The van der Waals surface area contributed by atoms with Crippen LogP contribution in [0.2, 0.25) is 5.02 Å². The highest BCUT2D eigenvalue weighted by molar-refractivity contribution is 6.30. The van der Waals surface area contributed by atoms with E-state index in [2.05, 4.69) is 24.5 Å². The molecule has 0 saturated carbocycles. The van der Waals surface area contributed by atoms with Crippen LogP contribution in [0.15, 0.2) is 24.3 Å². The van der Waals surface area contributed by atoms with Gasteiger partial charge in [0.25, 0.3) is 0 Å². The summed E-state index contributed by atoms with van der Waals surface area (Å²) in [5.41, 5.74) is 1.01. The van der Waals surface area contributed by atoms with E-state index in [4.69, 9.17) is 16.3 Å². The summed E-state index contributed by atoms with van der Waals surface area (Å²) in [6, 6.07) is 7.04. The molecule has 1 rings (SSSR count). The van der Waals surface area contributed by atoms with Crippen molar-refractivity contribution in [3.05, 3.63) is 34.9 Å². The first-order chi connectivity index (χ1) is 10.4. The van der Waals surface area contributed by atoms with Gasteiger partial charge in [-0.25, -0.2) is 4.79 Å². The third-order valence-corrected chi connectivity index (χ3v) is 3.39. The van der Waals surface area contributed by atoms with Gasteiger partial charge in [-0.15, -0.1) is 0 Å². The lowest BCUT2D eigenvalue weighted by Gasteiger charge is -2.22. The lowest BCUT2D eigenvalue weighted by Crippen LogP contribution is -2.42. The number of carbonyl (C=O) groups is 1. The zero-order valence-electron chi connectivity index (χ0n) is 13.3. The first-order valence-corrected chi connectivity index (χ1v) is 7.77. The van der Waals surface area contributed by atoms with Crippen LogP contribution in [0.25, 0.3) is 0 Å². The second-order valence-corrected chi connectivity index (χ2v) is 6.13. The Bertz CT molecular complexity index is 451. The van der Waals surface area contributed by atoms with Crippen molar-refractivity contribution in [2.24, 2.45) is 5.92 Å². The van der Waals surface area contributed by atoms with Crippen LogP contribution < -0.4 is 10.6 Å². The van der Waals surface area contributed by atoms with Crippen LogP contribution in [0.1, 0.15) is 31.9 Å². The lowest BCUT2D eigenvalue weighted by atomic mass is 9.97. The molecule has 0 spiro atoms. The number of ether oxygens (including phenoxy) is 1. The molecule has 2 amide bonds. The molecule has 5 nitrogen and oxygen atoms in total. The molecule has 0 aliphatic carbocycles. The van der Waals surface area contributed by atoms with Crippen LogP contribution in [-0.2, 0) is 4.74 Å². The van der Waals surface area contributed by atoms with E-state index in [1.807, 2.05) is 24.3 Å². The second kappa shape index (κ2) is 9.66. The van der Waals surface area contributed by atoms with Crippen LogP contribution in [0, 0.1) is 5.92 Å². The molecule has 0 radical (unpaired) electrons. The van der Waals surface area contributed by atoms with Crippen LogP contribution in [-0.4, -0.2) is 37.5 Å². The molecule has 0 saturated heterocycles. The normalized spacial score (nSPS) is 13.7. The first kappa shape index (κ1) is 18.7. The van der Waals surface area contributed by atoms with Crippen LogP contribution in [0.5, 0.6) is 0 Å². The minimum absolute atomic E-state index is 0.100. The maximum atomic E-state index is 12.0. The van der Waals surface area contributed by atoms with Gasteiger partial charge in [0.15, 0.2) is 0 Å². The van der Waals surface area contributed by atoms with E-state index in [0.29, 0.717) is 10.9 Å². The average Bonchev–Trinajstić information content (AvgIpc) is 2.45. The molecular weight excluding hydrogens is 304 g/mol. The van der Waals surface area contributed by atoms with Gasteiger partial charge >= 0.3 is 6.03 Å². The summed E-state index contributed by atoms with van der Waals surface area (Å²) in [7, 11) is 1.50. The Morgan fingerprint density at radius 1 is 1.32 bits per heavy atom. The van der Waals surface area contributed by atoms with Crippen LogP contribution in [0.4, 0.5) is 4.79 Å². The Morgan fingerprint density at radius 2 is 1.95 bits per heavy atom. The number of methoxy groups -OCH3 is 1. The van der Waals surface area contributed by atoms with E-state index in [1.54, 1.807) is 0 Å². The zero-order chi connectivity index (χ0) is 16.5. The molecule has 2 unspecified atom stereocenters. The van der Waals surface area contributed by atoms with Crippen molar-refractivity contribution in [1.82, 2.24) is 10.6 Å². The van der Waals surface area contributed by atoms with Gasteiger partial charge in [0.1, 0.15) is 0 Å². The number of hydrogen-bond acceptors (Lipinski definition) is 3. The van der Waals surface area contributed by atoms with Gasteiger partial charge in [0, 0.05) is 18.7 Å². The third-order valence-electron chi connectivity index (χ3n) is 3.14. The molecule has 1 aromatic carbocycles. The number of halogens is 1. The van der Waals surface area contributed by atoms with Gasteiger partial charge in [0.05, 0.1) is 18.8 Å². The maximum Gasteiger partial charge on any atom is 0.315 e. The Kier molecular flexibility index (Phi) is 8.24. The predicted molar refractivity (Wildman–Crippen MR) is 88.1 cm³/mol. The van der Waals surface area contributed by atoms with Crippen molar-refractivity contribution >= 4 is 17.6 Å². The predicted octanol–water partition coefficient (Wildman–Crippen LogP) is 2.73. The van der Waals surface area contributed by atoms with Gasteiger partial charge in [-0.05, 0) is 30.0 Å². The number of amides is 2. The van der Waals surface area contributed by atoms with Crippen molar-refractivity contribution < 1.29 is 14.6 Å². The summed E-state index contributed by atoms with van der Waals surface area (Å²) in [6.45, 7) is 4.54. The van der Waals surface area contributed by atoms with Gasteiger partial charge in [-0.2, -0.15) is 0 Å². The molecule has 0 aliphatic heterocycles. The molecule has 0 fully saturated rings. The van der Waals surface area contributed by atoms with Crippen molar-refractivity contribution in [3.8, 4) is 0 Å². The number of urea groups is 1. The van der Waals surface area contributed by atoms with E-state index in [0.717, 1.165) is 12.0 Å². The maximum absolute atomic E-state index is 12.0. The molecule has 3 N–H and O–H groups in total. The minimum Gasteiger partial charge on any atom is -0.389 e. The van der Waals surface area contributed by atoms with Gasteiger partial charge < -0.3 is 20.5 Å². The summed E-state index contributed by atoms with van der Waals surface area (Å²) in [4.78, 5) is 12.0. The molecule has 6 heteroatoms. The molecule has 0 aliphatic rings. The Labute approximate surface area is 137 Å². The highest BCUT2D eigenvalue weighted by Gasteiger charge is 2.16. The summed E-state index contributed by atoms with van der Waals surface area (Å²) in [5, 5.41) is 15.8. The Morgan fingerprint density at radius 3 is 2.50 bits per heavy atom. The quantitative estimate of drug-likeness (QED) is 0.687. The molecule has 0 bridgehead atoms. The Hall–Kier alpha value is -1.30. The van der Waals surface area contributed by atoms with E-state index in [-0.39, 0.29) is 25.2 Å². The average molecular weight is 329 g/mol. The number of aliphatic hydroxyl groups excluding tert-OH is 1. The van der Waals surface area contributed by atoms with Crippen molar-refractivity contribution in [3.63, 3.8) is 0 Å². The van der Waals surface area contributed by atoms with Crippen LogP contribution in [0.3, 0.4) is 0 Å². The van der Waals surface area contributed by atoms with Gasteiger partial charge in [-0.3, -0.25) is 0 Å². The van der Waals surface area contributed by atoms with Crippen molar-refractivity contribution in [2.75, 3.05) is 20.3 Å². The Balaban J connectivity index is 2.61. The first-order valence-electron chi connectivity index (χ1n) is 7.39. The van der Waals surface area contributed by atoms with Crippen LogP contribution >= 0.6 is 11.6 Å². The lowest BCUT2D eigenvalue weighted by molar-refractivity contribution is 0.0659. The molecule has 0 aromatic heterocycles. The summed E-state index contributed by atoms with van der Waals surface area (Å²) in [6.07, 6.45) is 0.102. The van der Waals surface area contributed by atoms with Crippen molar-refractivity contribution in [1.29, 1.82) is 0 Å². The molecule has 22 heavy (non-hydrogen) atoms. The fourth-order valence-electron chi connectivity index (χ4n) is 2.12. The topological polar surface area (TPSA) is 70.6 Å². The monoisotopic (exact) mass is 328 g/mol. The SMILES string of the molecule is COCC(O)CNC(=O)NC(CC(C)C)c1ccc(Cl)cc1. The second-order valence-electron chi connectivity index (χ2n) is 5.70. The summed E-state index contributed by atoms with van der Waals surface area (Å²) in [5.74, 6) is 0.431. The summed E-state index contributed by atoms with van der Waals surface area (Å²) >= 11 is 5.90. The minimum atomic E-state index is -0.713. The molecule has 124 valence electrons. The fourth-order valence-corrected chi connectivity index (χ4v) is 2.24. The standard InChI is InChI=1S/C16H25ClN2O3/c1-11(2)8-15(12-4-6-13(17)7-5-12)19-16(21)18-9-14(20)10-22-3/h4-7,11,14-15,20H,8-10H2,1-3H3,(H2,18,19,21). The van der Waals surface area contributed by atoms with Crippen molar-refractivity contribution in [2.45, 2.75) is 32.4 Å². The third kappa shape index (κ3) is 7.11. The number of hydrogen-bond donors (Lipinski definition) is 3. The largest absolute Gasteiger partial charge is 0.389 e. The number of rotatable bonds is 8. The highest BCUT2D eigenvalue weighted by atomic mass is 35.5. The number of nitrogens with one attached hydrogen (secondary N) is 2. The van der Waals surface area contributed by atoms with E-state index in [1.165, 1.54) is 7.11 Å². The molecule has 0 heterocycles. The van der Waals surface area contributed by atoms with Gasteiger partial charge in [0.2, 0.25) is 0 Å².